The molecule has 0 saturated heterocycles. The Labute approximate surface area is 117 Å². The Morgan fingerprint density at radius 3 is 2.70 bits per heavy atom. The fourth-order valence-corrected chi connectivity index (χ4v) is 1.78. The molecule has 0 saturated carbocycles. The van der Waals surface area contributed by atoms with Crippen LogP contribution < -0.4 is 16.4 Å². The number of nitrogen functional groups attached to an aromatic ring is 1. The van der Waals surface area contributed by atoms with E-state index in [1.807, 2.05) is 13.0 Å². The second-order valence-corrected chi connectivity index (χ2v) is 4.35. The summed E-state index contributed by atoms with van der Waals surface area (Å²) >= 11 is 0. The van der Waals surface area contributed by atoms with E-state index in [0.29, 0.717) is 22.6 Å². The van der Waals surface area contributed by atoms with Crippen LogP contribution in [0, 0.1) is 18.3 Å². The number of nitrogens with zero attached hydrogens (tertiary/aromatic N) is 1. The van der Waals surface area contributed by atoms with E-state index in [2.05, 4.69) is 10.6 Å². The number of rotatable bonds is 2. The average Bonchev–Trinajstić information content (AvgIpc) is 2.42. The van der Waals surface area contributed by atoms with Gasteiger partial charge in [-0.05, 0) is 48.9 Å². The first kappa shape index (κ1) is 13.4. The van der Waals surface area contributed by atoms with Crippen molar-refractivity contribution in [3.8, 4) is 6.07 Å². The standard InChI is InChI=1S/C15H14N4O/c1-10-7-12(17)5-6-14(10)19-15(20)18-13-4-2-3-11(8-13)9-16/h2-8H,17H2,1H3,(H2,18,19,20). The monoisotopic (exact) mass is 266 g/mol. The molecule has 0 aliphatic heterocycles. The predicted octanol–water partition coefficient (Wildman–Crippen LogP) is 3.09. The van der Waals surface area contributed by atoms with Gasteiger partial charge in [0.2, 0.25) is 0 Å². The van der Waals surface area contributed by atoms with Gasteiger partial charge in [-0.2, -0.15) is 5.26 Å². The Hall–Kier alpha value is -3.00. The molecule has 0 aliphatic rings. The number of urea groups is 1. The molecule has 4 N–H and O–H groups in total. The topological polar surface area (TPSA) is 90.9 Å². The SMILES string of the molecule is Cc1cc(N)ccc1NC(=O)Nc1cccc(C#N)c1. The van der Waals surface area contributed by atoms with E-state index in [1.165, 1.54) is 0 Å². The molecule has 0 spiro atoms. The Bertz CT molecular complexity index is 689. The fourth-order valence-electron chi connectivity index (χ4n) is 1.78. The van der Waals surface area contributed by atoms with Crippen molar-refractivity contribution in [2.45, 2.75) is 6.92 Å². The molecule has 2 aromatic carbocycles. The molecular weight excluding hydrogens is 252 g/mol. The van der Waals surface area contributed by atoms with Gasteiger partial charge in [0, 0.05) is 17.1 Å². The highest BCUT2D eigenvalue weighted by molar-refractivity contribution is 6.00. The number of hydrogen-bond acceptors (Lipinski definition) is 3. The highest BCUT2D eigenvalue weighted by Crippen LogP contribution is 2.18. The number of carbonyl (C=O) groups excluding carboxylic acids is 1. The molecule has 2 aromatic rings. The minimum absolute atomic E-state index is 0.368. The zero-order valence-corrected chi connectivity index (χ0v) is 11.0. The molecular formula is C15H14N4O. The maximum atomic E-state index is 11.9. The van der Waals surface area contributed by atoms with Crippen molar-refractivity contribution in [1.29, 1.82) is 5.26 Å². The van der Waals surface area contributed by atoms with Crippen molar-refractivity contribution in [1.82, 2.24) is 0 Å². The summed E-state index contributed by atoms with van der Waals surface area (Å²) in [5, 5.41) is 14.2. The van der Waals surface area contributed by atoms with Gasteiger partial charge < -0.3 is 16.4 Å². The van der Waals surface area contributed by atoms with E-state index >= 15 is 0 Å². The van der Waals surface area contributed by atoms with Gasteiger partial charge in [0.25, 0.3) is 0 Å². The number of carbonyl (C=O) groups is 1. The molecule has 100 valence electrons. The summed E-state index contributed by atoms with van der Waals surface area (Å²) in [7, 11) is 0. The second-order valence-electron chi connectivity index (χ2n) is 4.35. The number of nitrogens with one attached hydrogen (secondary N) is 2. The first-order valence-electron chi connectivity index (χ1n) is 6.03. The molecule has 2 amide bonds. The average molecular weight is 266 g/mol. The third kappa shape index (κ3) is 3.27. The van der Waals surface area contributed by atoms with Crippen LogP contribution in [-0.4, -0.2) is 6.03 Å². The lowest BCUT2D eigenvalue weighted by atomic mass is 10.2. The second kappa shape index (κ2) is 5.76. The van der Waals surface area contributed by atoms with Gasteiger partial charge in [-0.1, -0.05) is 6.07 Å². The molecule has 0 bridgehead atoms. The number of benzene rings is 2. The number of nitriles is 1. The van der Waals surface area contributed by atoms with Gasteiger partial charge in [0.1, 0.15) is 0 Å². The van der Waals surface area contributed by atoms with Crippen molar-refractivity contribution in [3.63, 3.8) is 0 Å². The van der Waals surface area contributed by atoms with E-state index in [-0.39, 0.29) is 6.03 Å². The van der Waals surface area contributed by atoms with E-state index < -0.39 is 0 Å². The van der Waals surface area contributed by atoms with Crippen molar-refractivity contribution < 1.29 is 4.79 Å². The van der Waals surface area contributed by atoms with Crippen LogP contribution in [0.4, 0.5) is 21.9 Å². The van der Waals surface area contributed by atoms with E-state index in [0.717, 1.165) is 5.56 Å². The van der Waals surface area contributed by atoms with Crippen LogP contribution in [0.5, 0.6) is 0 Å². The summed E-state index contributed by atoms with van der Waals surface area (Å²) in [6.45, 7) is 1.86. The first-order chi connectivity index (χ1) is 9.58. The van der Waals surface area contributed by atoms with Crippen molar-refractivity contribution in [2.75, 3.05) is 16.4 Å². The molecule has 0 unspecified atom stereocenters. The first-order valence-corrected chi connectivity index (χ1v) is 6.03. The predicted molar refractivity (Wildman–Crippen MR) is 79.4 cm³/mol. The van der Waals surface area contributed by atoms with Crippen LogP contribution in [0.2, 0.25) is 0 Å². The number of anilines is 3. The summed E-state index contributed by atoms with van der Waals surface area (Å²) in [6.07, 6.45) is 0. The van der Waals surface area contributed by atoms with Crippen LogP contribution in [0.3, 0.4) is 0 Å². The number of aryl methyl sites for hydroxylation is 1. The van der Waals surface area contributed by atoms with Gasteiger partial charge in [-0.25, -0.2) is 4.79 Å². The minimum Gasteiger partial charge on any atom is -0.399 e. The van der Waals surface area contributed by atoms with E-state index in [1.54, 1.807) is 42.5 Å². The number of nitrogens with two attached hydrogens (primary N) is 1. The molecule has 0 atom stereocenters. The van der Waals surface area contributed by atoms with E-state index in [9.17, 15) is 4.79 Å². The normalized spacial score (nSPS) is 9.60. The molecule has 0 aliphatic carbocycles. The Morgan fingerprint density at radius 2 is 2.00 bits per heavy atom. The summed E-state index contributed by atoms with van der Waals surface area (Å²) in [5.74, 6) is 0. The van der Waals surface area contributed by atoms with Crippen molar-refractivity contribution in [3.05, 3.63) is 53.6 Å². The zero-order chi connectivity index (χ0) is 14.5. The molecule has 0 aromatic heterocycles. The van der Waals surface area contributed by atoms with Gasteiger partial charge in [-0.3, -0.25) is 0 Å². The van der Waals surface area contributed by atoms with Gasteiger partial charge in [0.05, 0.1) is 11.6 Å². The van der Waals surface area contributed by atoms with Gasteiger partial charge in [-0.15, -0.1) is 0 Å². The summed E-state index contributed by atoms with van der Waals surface area (Å²) < 4.78 is 0. The van der Waals surface area contributed by atoms with Crippen LogP contribution in [0.1, 0.15) is 11.1 Å². The van der Waals surface area contributed by atoms with Gasteiger partial charge >= 0.3 is 6.03 Å². The van der Waals surface area contributed by atoms with Crippen LogP contribution in [0.15, 0.2) is 42.5 Å². The molecule has 2 rings (SSSR count). The van der Waals surface area contributed by atoms with Crippen molar-refractivity contribution >= 4 is 23.1 Å². The largest absolute Gasteiger partial charge is 0.399 e. The molecule has 5 heteroatoms. The molecule has 0 fully saturated rings. The lowest BCUT2D eigenvalue weighted by Gasteiger charge is -2.10. The molecule has 0 radical (unpaired) electrons. The molecule has 20 heavy (non-hydrogen) atoms. The number of amides is 2. The lowest BCUT2D eigenvalue weighted by molar-refractivity contribution is 0.262. The Balaban J connectivity index is 2.07. The molecule has 0 heterocycles. The fraction of sp³-hybridized carbons (Fsp3) is 0.0667. The Kier molecular flexibility index (Phi) is 3.87. The molecule has 5 nitrogen and oxygen atoms in total. The highest BCUT2D eigenvalue weighted by atomic mass is 16.2. The maximum absolute atomic E-state index is 11.9. The summed E-state index contributed by atoms with van der Waals surface area (Å²) in [5.41, 5.74) is 8.93. The van der Waals surface area contributed by atoms with Crippen LogP contribution >= 0.6 is 0 Å². The minimum atomic E-state index is -0.368. The summed E-state index contributed by atoms with van der Waals surface area (Å²) in [6, 6.07) is 13.6. The van der Waals surface area contributed by atoms with Crippen LogP contribution in [-0.2, 0) is 0 Å². The van der Waals surface area contributed by atoms with Gasteiger partial charge in [0.15, 0.2) is 0 Å². The van der Waals surface area contributed by atoms with E-state index in [4.69, 9.17) is 11.0 Å². The summed E-state index contributed by atoms with van der Waals surface area (Å²) in [4.78, 5) is 11.9. The highest BCUT2D eigenvalue weighted by Gasteiger charge is 2.05. The van der Waals surface area contributed by atoms with Crippen LogP contribution in [0.25, 0.3) is 0 Å². The number of hydrogen-bond donors (Lipinski definition) is 3. The zero-order valence-electron chi connectivity index (χ0n) is 11.0. The third-order valence-electron chi connectivity index (χ3n) is 2.75. The Morgan fingerprint density at radius 1 is 1.20 bits per heavy atom. The maximum Gasteiger partial charge on any atom is 0.323 e. The lowest BCUT2D eigenvalue weighted by Crippen LogP contribution is -2.20. The van der Waals surface area contributed by atoms with Crippen molar-refractivity contribution in [2.24, 2.45) is 0 Å². The third-order valence-corrected chi connectivity index (χ3v) is 2.75. The smallest absolute Gasteiger partial charge is 0.323 e. The quantitative estimate of drug-likeness (QED) is 0.729.